The largest absolute Gasteiger partial charge is 0.340 e. The zero-order valence-electron chi connectivity index (χ0n) is 14.7. The molecular formula is C19H21N5O2. The summed E-state index contributed by atoms with van der Waals surface area (Å²) in [6, 6.07) is 7.79. The minimum atomic E-state index is -0.189. The average Bonchev–Trinajstić information content (AvgIpc) is 3.26. The van der Waals surface area contributed by atoms with Crippen LogP contribution in [-0.4, -0.2) is 49.0 Å². The molecule has 2 aromatic heterocycles. The fourth-order valence-corrected chi connectivity index (χ4v) is 3.54. The summed E-state index contributed by atoms with van der Waals surface area (Å²) in [6.07, 6.45) is 6.89. The van der Waals surface area contributed by atoms with Gasteiger partial charge in [-0.3, -0.25) is 14.3 Å². The number of carbonyl (C=O) groups excluding carboxylic acids is 2. The Bertz CT molecular complexity index is 925. The summed E-state index contributed by atoms with van der Waals surface area (Å²) in [5.74, 6) is 0.281. The van der Waals surface area contributed by atoms with Crippen molar-refractivity contribution in [3.63, 3.8) is 0 Å². The van der Waals surface area contributed by atoms with Crippen LogP contribution in [0.25, 0.3) is 10.9 Å². The number of fused-ring (bicyclic) bond motifs is 1. The summed E-state index contributed by atoms with van der Waals surface area (Å²) in [5.41, 5.74) is 0.877. The molecular weight excluding hydrogens is 330 g/mol. The van der Waals surface area contributed by atoms with Crippen LogP contribution in [-0.2, 0) is 18.4 Å². The highest BCUT2D eigenvalue weighted by atomic mass is 16.2. The molecule has 1 aliphatic rings. The van der Waals surface area contributed by atoms with Crippen molar-refractivity contribution < 1.29 is 9.59 Å². The smallest absolute Gasteiger partial charge is 0.244 e. The van der Waals surface area contributed by atoms with Gasteiger partial charge in [-0.1, -0.05) is 18.2 Å². The molecule has 1 saturated heterocycles. The van der Waals surface area contributed by atoms with Crippen LogP contribution in [0.5, 0.6) is 0 Å². The Labute approximate surface area is 151 Å². The topological polar surface area (TPSA) is 73.0 Å². The molecule has 1 aromatic carbocycles. The van der Waals surface area contributed by atoms with Gasteiger partial charge in [-0.05, 0) is 18.9 Å². The number of rotatable bonds is 4. The summed E-state index contributed by atoms with van der Waals surface area (Å²) in [7, 11) is 1.81. The molecule has 0 spiro atoms. The first-order chi connectivity index (χ1) is 12.6. The minimum absolute atomic E-state index is 0.00449. The molecule has 1 fully saturated rings. The van der Waals surface area contributed by atoms with E-state index in [9.17, 15) is 9.59 Å². The number of nitrogens with zero attached hydrogens (tertiary/aromatic N) is 5. The number of carbonyl (C=O) groups is 2. The molecule has 134 valence electrons. The number of hydrogen-bond donors (Lipinski definition) is 0. The second-order valence-corrected chi connectivity index (χ2v) is 6.79. The molecule has 0 bridgehead atoms. The van der Waals surface area contributed by atoms with E-state index in [0.29, 0.717) is 18.9 Å². The molecule has 0 unspecified atom stereocenters. The van der Waals surface area contributed by atoms with Gasteiger partial charge in [-0.2, -0.15) is 5.10 Å². The molecule has 0 radical (unpaired) electrons. The summed E-state index contributed by atoms with van der Waals surface area (Å²) in [5, 5.41) is 5.46. The monoisotopic (exact) mass is 351 g/mol. The van der Waals surface area contributed by atoms with Crippen molar-refractivity contribution in [2.24, 2.45) is 13.0 Å². The molecule has 7 nitrogen and oxygen atoms in total. The number of aryl methyl sites for hydroxylation is 1. The Morgan fingerprint density at radius 3 is 2.88 bits per heavy atom. The van der Waals surface area contributed by atoms with E-state index in [0.717, 1.165) is 23.7 Å². The molecule has 1 atom stereocenters. The lowest BCUT2D eigenvalue weighted by Gasteiger charge is -2.31. The standard InChI is InChI=1S/C19H21N5O2/c1-22-10-8-20-19(22)18(26)15-6-4-9-23(11-15)17(25)13-24-12-14-5-2-3-7-16(14)21-24/h2-3,5,7-8,10,12,15H,4,6,9,11,13H2,1H3/t15-/m1/s1. The van der Waals surface area contributed by atoms with Crippen LogP contribution in [0.3, 0.4) is 0 Å². The first-order valence-electron chi connectivity index (χ1n) is 8.83. The maximum absolute atomic E-state index is 12.7. The third kappa shape index (κ3) is 3.12. The van der Waals surface area contributed by atoms with E-state index in [1.807, 2.05) is 37.5 Å². The average molecular weight is 351 g/mol. The highest BCUT2D eigenvalue weighted by Gasteiger charge is 2.30. The summed E-state index contributed by atoms with van der Waals surface area (Å²) in [6.45, 7) is 1.33. The third-order valence-electron chi connectivity index (χ3n) is 4.94. The number of imidazole rings is 1. The number of Topliss-reactive ketones (excluding diaryl/α,β-unsaturated/α-hetero) is 1. The quantitative estimate of drug-likeness (QED) is 0.673. The Morgan fingerprint density at radius 2 is 2.12 bits per heavy atom. The number of aromatic nitrogens is 4. The molecule has 4 rings (SSSR count). The second-order valence-electron chi connectivity index (χ2n) is 6.79. The van der Waals surface area contributed by atoms with Crippen LogP contribution in [0.4, 0.5) is 0 Å². The van der Waals surface area contributed by atoms with Gasteiger partial charge in [0.25, 0.3) is 0 Å². The highest BCUT2D eigenvalue weighted by molar-refractivity contribution is 5.95. The highest BCUT2D eigenvalue weighted by Crippen LogP contribution is 2.21. The van der Waals surface area contributed by atoms with Crippen LogP contribution in [0.1, 0.15) is 23.5 Å². The predicted molar refractivity (Wildman–Crippen MR) is 96.6 cm³/mol. The van der Waals surface area contributed by atoms with E-state index in [4.69, 9.17) is 0 Å². The van der Waals surface area contributed by atoms with E-state index in [1.54, 1.807) is 26.5 Å². The molecule has 3 heterocycles. The van der Waals surface area contributed by atoms with Gasteiger partial charge in [0.15, 0.2) is 5.82 Å². The summed E-state index contributed by atoms with van der Waals surface area (Å²) < 4.78 is 3.41. The summed E-state index contributed by atoms with van der Waals surface area (Å²) in [4.78, 5) is 31.3. The van der Waals surface area contributed by atoms with Gasteiger partial charge in [0.1, 0.15) is 6.54 Å². The van der Waals surface area contributed by atoms with Crippen molar-refractivity contribution >= 4 is 22.6 Å². The molecule has 1 aliphatic heterocycles. The fourth-order valence-electron chi connectivity index (χ4n) is 3.54. The number of likely N-dealkylation sites (tertiary alicyclic amines) is 1. The van der Waals surface area contributed by atoms with E-state index in [2.05, 4.69) is 10.1 Å². The van der Waals surface area contributed by atoms with Gasteiger partial charge in [-0.15, -0.1) is 0 Å². The lowest BCUT2D eigenvalue weighted by Crippen LogP contribution is -2.44. The number of amides is 1. The Kier molecular flexibility index (Phi) is 4.28. The second kappa shape index (κ2) is 6.74. The molecule has 7 heteroatoms. The van der Waals surface area contributed by atoms with E-state index in [-0.39, 0.29) is 24.2 Å². The molecule has 26 heavy (non-hydrogen) atoms. The van der Waals surface area contributed by atoms with E-state index >= 15 is 0 Å². The lowest BCUT2D eigenvalue weighted by molar-refractivity contribution is -0.133. The van der Waals surface area contributed by atoms with Crippen molar-refractivity contribution in [2.75, 3.05) is 13.1 Å². The lowest BCUT2D eigenvalue weighted by atomic mass is 9.93. The van der Waals surface area contributed by atoms with Crippen LogP contribution in [0.15, 0.2) is 42.9 Å². The first-order valence-corrected chi connectivity index (χ1v) is 8.83. The predicted octanol–water partition coefficient (Wildman–Crippen LogP) is 1.89. The zero-order valence-corrected chi connectivity index (χ0v) is 14.7. The maximum Gasteiger partial charge on any atom is 0.244 e. The number of benzene rings is 1. The molecule has 0 saturated carbocycles. The van der Waals surface area contributed by atoms with Crippen molar-refractivity contribution in [3.8, 4) is 0 Å². The van der Waals surface area contributed by atoms with Gasteiger partial charge in [0.05, 0.1) is 5.52 Å². The Balaban J connectivity index is 1.44. The zero-order chi connectivity index (χ0) is 18.1. The van der Waals surface area contributed by atoms with Gasteiger partial charge in [-0.25, -0.2) is 4.98 Å². The number of hydrogen-bond acceptors (Lipinski definition) is 4. The van der Waals surface area contributed by atoms with Gasteiger partial charge < -0.3 is 9.47 Å². The van der Waals surface area contributed by atoms with Gasteiger partial charge in [0, 0.05) is 50.0 Å². The SMILES string of the molecule is Cn1ccnc1C(=O)[C@@H]1CCCN(C(=O)Cn2cc3ccccc3n2)C1. The normalized spacial score (nSPS) is 17.6. The minimum Gasteiger partial charge on any atom is -0.340 e. The van der Waals surface area contributed by atoms with Crippen molar-refractivity contribution in [2.45, 2.75) is 19.4 Å². The Hall–Kier alpha value is -2.96. The number of piperidine rings is 1. The van der Waals surface area contributed by atoms with Gasteiger partial charge >= 0.3 is 0 Å². The molecule has 0 aliphatic carbocycles. The fraction of sp³-hybridized carbons (Fsp3) is 0.368. The van der Waals surface area contributed by atoms with Crippen molar-refractivity contribution in [1.82, 2.24) is 24.2 Å². The van der Waals surface area contributed by atoms with Crippen LogP contribution >= 0.6 is 0 Å². The Morgan fingerprint density at radius 1 is 1.27 bits per heavy atom. The third-order valence-corrected chi connectivity index (χ3v) is 4.94. The van der Waals surface area contributed by atoms with Crippen LogP contribution < -0.4 is 0 Å². The first kappa shape index (κ1) is 16.5. The number of ketones is 1. The summed E-state index contributed by atoms with van der Waals surface area (Å²) >= 11 is 0. The molecule has 0 N–H and O–H groups in total. The van der Waals surface area contributed by atoms with Crippen LogP contribution in [0.2, 0.25) is 0 Å². The van der Waals surface area contributed by atoms with Crippen molar-refractivity contribution in [1.29, 1.82) is 0 Å². The van der Waals surface area contributed by atoms with Crippen LogP contribution in [0, 0.1) is 5.92 Å². The van der Waals surface area contributed by atoms with E-state index in [1.165, 1.54) is 0 Å². The van der Waals surface area contributed by atoms with Gasteiger partial charge in [0.2, 0.25) is 11.7 Å². The molecule has 1 amide bonds. The molecule has 3 aromatic rings. The maximum atomic E-state index is 12.7. The van der Waals surface area contributed by atoms with E-state index < -0.39 is 0 Å². The van der Waals surface area contributed by atoms with Crippen molar-refractivity contribution in [3.05, 3.63) is 48.7 Å².